The summed E-state index contributed by atoms with van der Waals surface area (Å²) in [5.41, 5.74) is 4.67. The zero-order valence-corrected chi connectivity index (χ0v) is 19.5. The number of benzene rings is 2. The standard InChI is InChI=1S/C27H32N2O5/c1-2-8-24(26(31)32)28-25(30)15-17-9-7-14-23(17)29-27(33)34-16-22-20-12-5-3-10-18(20)19-11-4-6-13-21(19)22/h3-6,10-13,17,22-24H,2,7-9,14-16H2,1H3,(H,28,30)(H,29,33)(H,31,32)/t17?,23?,24-/m1/s1. The maximum absolute atomic E-state index is 12.7. The molecule has 7 nitrogen and oxygen atoms in total. The molecule has 0 saturated heterocycles. The molecular weight excluding hydrogens is 432 g/mol. The first kappa shape index (κ1) is 23.8. The summed E-state index contributed by atoms with van der Waals surface area (Å²) < 4.78 is 5.65. The number of carboxylic acid groups (broad SMARTS) is 1. The normalized spacial score (nSPS) is 19.7. The van der Waals surface area contributed by atoms with Crippen molar-refractivity contribution < 1.29 is 24.2 Å². The molecule has 3 N–H and O–H groups in total. The van der Waals surface area contributed by atoms with Gasteiger partial charge in [-0.3, -0.25) is 4.79 Å². The molecule has 2 aromatic carbocycles. The number of nitrogens with one attached hydrogen (secondary N) is 2. The highest BCUT2D eigenvalue weighted by Crippen LogP contribution is 2.44. The van der Waals surface area contributed by atoms with E-state index in [0.29, 0.717) is 12.8 Å². The Balaban J connectivity index is 1.32. The number of carboxylic acids is 1. The molecule has 2 aliphatic rings. The van der Waals surface area contributed by atoms with Crippen molar-refractivity contribution in [3.8, 4) is 11.1 Å². The number of ether oxygens (including phenoxy) is 1. The van der Waals surface area contributed by atoms with Crippen LogP contribution >= 0.6 is 0 Å². The van der Waals surface area contributed by atoms with Gasteiger partial charge in [0.25, 0.3) is 0 Å². The molecule has 0 bridgehead atoms. The van der Waals surface area contributed by atoms with Gasteiger partial charge in [0.05, 0.1) is 0 Å². The largest absolute Gasteiger partial charge is 0.480 e. The van der Waals surface area contributed by atoms with Crippen molar-refractivity contribution in [1.82, 2.24) is 10.6 Å². The molecule has 3 atom stereocenters. The van der Waals surface area contributed by atoms with Crippen LogP contribution in [0.25, 0.3) is 11.1 Å². The number of carbonyl (C=O) groups is 3. The summed E-state index contributed by atoms with van der Waals surface area (Å²) in [4.78, 5) is 36.4. The minimum atomic E-state index is -1.02. The number of hydrogen-bond donors (Lipinski definition) is 3. The van der Waals surface area contributed by atoms with Gasteiger partial charge in [0.15, 0.2) is 0 Å². The van der Waals surface area contributed by atoms with Gasteiger partial charge in [0, 0.05) is 18.4 Å². The van der Waals surface area contributed by atoms with E-state index in [1.807, 2.05) is 31.2 Å². The summed E-state index contributed by atoms with van der Waals surface area (Å²) in [6, 6.07) is 15.4. The van der Waals surface area contributed by atoms with Gasteiger partial charge in [-0.2, -0.15) is 0 Å². The topological polar surface area (TPSA) is 105 Å². The van der Waals surface area contributed by atoms with Crippen molar-refractivity contribution in [3.05, 3.63) is 59.7 Å². The molecule has 0 aliphatic heterocycles. The minimum absolute atomic E-state index is 0.00480. The number of fused-ring (bicyclic) bond motifs is 3. The second-order valence-electron chi connectivity index (χ2n) is 9.22. The Kier molecular flexibility index (Phi) is 7.50. The summed E-state index contributed by atoms with van der Waals surface area (Å²) >= 11 is 0. The molecule has 34 heavy (non-hydrogen) atoms. The van der Waals surface area contributed by atoms with Crippen molar-refractivity contribution in [2.45, 2.75) is 63.5 Å². The van der Waals surface area contributed by atoms with Gasteiger partial charge >= 0.3 is 12.1 Å². The molecule has 4 rings (SSSR count). The van der Waals surface area contributed by atoms with Crippen LogP contribution < -0.4 is 10.6 Å². The van der Waals surface area contributed by atoms with Gasteiger partial charge in [0.2, 0.25) is 5.91 Å². The van der Waals surface area contributed by atoms with Gasteiger partial charge in [-0.1, -0.05) is 68.3 Å². The first-order valence-electron chi connectivity index (χ1n) is 12.1. The molecule has 0 aromatic heterocycles. The van der Waals surface area contributed by atoms with E-state index < -0.39 is 18.1 Å². The van der Waals surface area contributed by atoms with Crippen LogP contribution in [-0.4, -0.2) is 41.8 Å². The summed E-state index contributed by atoms with van der Waals surface area (Å²) in [6.45, 7) is 2.13. The Labute approximate surface area is 199 Å². The Hall–Kier alpha value is -3.35. The van der Waals surface area contributed by atoms with Crippen LogP contribution in [0.3, 0.4) is 0 Å². The predicted octanol–water partition coefficient (Wildman–Crippen LogP) is 4.45. The van der Waals surface area contributed by atoms with Gasteiger partial charge in [-0.25, -0.2) is 9.59 Å². The van der Waals surface area contributed by atoms with Crippen molar-refractivity contribution in [3.63, 3.8) is 0 Å². The first-order chi connectivity index (χ1) is 16.5. The number of carbonyl (C=O) groups excluding carboxylic acids is 2. The van der Waals surface area contributed by atoms with Gasteiger partial charge < -0.3 is 20.5 Å². The zero-order valence-electron chi connectivity index (χ0n) is 19.5. The zero-order chi connectivity index (χ0) is 24.1. The SMILES string of the molecule is CCC[C@@H](NC(=O)CC1CCCC1NC(=O)OCC1c2ccccc2-c2ccccc21)C(=O)O. The van der Waals surface area contributed by atoms with Gasteiger partial charge in [-0.05, 0) is 47.4 Å². The molecule has 180 valence electrons. The van der Waals surface area contributed by atoms with E-state index >= 15 is 0 Å². The third-order valence-corrected chi connectivity index (χ3v) is 6.96. The van der Waals surface area contributed by atoms with Gasteiger partial charge in [0.1, 0.15) is 12.6 Å². The molecule has 0 radical (unpaired) electrons. The van der Waals surface area contributed by atoms with Crippen LogP contribution in [-0.2, 0) is 14.3 Å². The molecule has 2 aliphatic carbocycles. The Morgan fingerprint density at radius 2 is 1.68 bits per heavy atom. The number of aliphatic carboxylic acids is 1. The third kappa shape index (κ3) is 5.24. The predicted molar refractivity (Wildman–Crippen MR) is 128 cm³/mol. The van der Waals surface area contributed by atoms with E-state index in [9.17, 15) is 19.5 Å². The van der Waals surface area contributed by atoms with E-state index in [4.69, 9.17) is 4.74 Å². The molecule has 0 spiro atoms. The van der Waals surface area contributed by atoms with Crippen LogP contribution in [0.2, 0.25) is 0 Å². The lowest BCUT2D eigenvalue weighted by Crippen LogP contribution is -2.43. The molecule has 2 aromatic rings. The molecule has 7 heteroatoms. The number of alkyl carbamates (subject to hydrolysis) is 1. The fourth-order valence-corrected chi connectivity index (χ4v) is 5.30. The highest BCUT2D eigenvalue weighted by molar-refractivity contribution is 5.83. The fraction of sp³-hybridized carbons (Fsp3) is 0.444. The quantitative estimate of drug-likeness (QED) is 0.508. The Morgan fingerprint density at radius 1 is 1.03 bits per heavy atom. The molecule has 0 heterocycles. The van der Waals surface area contributed by atoms with Crippen molar-refractivity contribution in [2.24, 2.45) is 5.92 Å². The van der Waals surface area contributed by atoms with Crippen molar-refractivity contribution in [2.75, 3.05) is 6.61 Å². The smallest absolute Gasteiger partial charge is 0.407 e. The van der Waals surface area contributed by atoms with E-state index in [1.54, 1.807) is 0 Å². The van der Waals surface area contributed by atoms with E-state index in [1.165, 1.54) is 11.1 Å². The maximum atomic E-state index is 12.7. The summed E-state index contributed by atoms with van der Waals surface area (Å²) in [5.74, 6) is -1.34. The summed E-state index contributed by atoms with van der Waals surface area (Å²) in [5, 5.41) is 14.8. The van der Waals surface area contributed by atoms with Crippen LogP contribution in [0.5, 0.6) is 0 Å². The molecule has 1 fully saturated rings. The average Bonchev–Trinajstić information content (AvgIpc) is 3.39. The van der Waals surface area contributed by atoms with E-state index in [-0.39, 0.29) is 36.8 Å². The summed E-state index contributed by atoms with van der Waals surface area (Å²) in [7, 11) is 0. The Bertz CT molecular complexity index is 1010. The molecule has 1 saturated carbocycles. The Morgan fingerprint density at radius 3 is 2.29 bits per heavy atom. The van der Waals surface area contributed by atoms with Crippen LogP contribution in [0.15, 0.2) is 48.5 Å². The lowest BCUT2D eigenvalue weighted by atomic mass is 9.98. The second-order valence-corrected chi connectivity index (χ2v) is 9.22. The lowest BCUT2D eigenvalue weighted by molar-refractivity contribution is -0.142. The summed E-state index contributed by atoms with van der Waals surface area (Å²) in [6.07, 6.45) is 3.28. The number of rotatable bonds is 9. The fourth-order valence-electron chi connectivity index (χ4n) is 5.30. The highest BCUT2D eigenvalue weighted by Gasteiger charge is 2.33. The van der Waals surface area contributed by atoms with Crippen LogP contribution in [0.4, 0.5) is 4.79 Å². The van der Waals surface area contributed by atoms with Crippen molar-refractivity contribution in [1.29, 1.82) is 0 Å². The average molecular weight is 465 g/mol. The molecule has 2 amide bonds. The van der Waals surface area contributed by atoms with E-state index in [2.05, 4.69) is 34.9 Å². The maximum Gasteiger partial charge on any atom is 0.407 e. The minimum Gasteiger partial charge on any atom is -0.480 e. The van der Waals surface area contributed by atoms with Gasteiger partial charge in [-0.15, -0.1) is 0 Å². The lowest BCUT2D eigenvalue weighted by Gasteiger charge is -2.22. The monoisotopic (exact) mass is 464 g/mol. The molecule has 2 unspecified atom stereocenters. The molecular formula is C27H32N2O5. The highest BCUT2D eigenvalue weighted by atomic mass is 16.5. The van der Waals surface area contributed by atoms with Crippen LogP contribution in [0, 0.1) is 5.92 Å². The number of hydrogen-bond acceptors (Lipinski definition) is 4. The van der Waals surface area contributed by atoms with E-state index in [0.717, 1.165) is 30.4 Å². The van der Waals surface area contributed by atoms with Crippen molar-refractivity contribution >= 4 is 18.0 Å². The number of amides is 2. The van der Waals surface area contributed by atoms with Crippen LogP contribution in [0.1, 0.15) is 62.5 Å². The third-order valence-electron chi connectivity index (χ3n) is 6.96. The second kappa shape index (κ2) is 10.7. The first-order valence-corrected chi connectivity index (χ1v) is 12.1.